The van der Waals surface area contributed by atoms with Gasteiger partial charge in [-0.3, -0.25) is 0 Å². The Bertz CT molecular complexity index is 542. The highest BCUT2D eigenvalue weighted by Crippen LogP contribution is 2.31. The number of anilines is 2. The molecule has 8 heteroatoms. The summed E-state index contributed by atoms with van der Waals surface area (Å²) in [7, 11) is 0. The van der Waals surface area contributed by atoms with Crippen LogP contribution in [0.25, 0.3) is 10.2 Å². The molecule has 0 saturated carbocycles. The van der Waals surface area contributed by atoms with Crippen molar-refractivity contribution >= 4 is 58.1 Å². The maximum atomic E-state index is 5.50. The number of nitrogens with two attached hydrogens (primary N) is 1. The fraction of sp³-hybridized carbons (Fsp3) is 0.500. The van der Waals surface area contributed by atoms with E-state index in [-0.39, 0.29) is 24.8 Å². The topological polar surface area (TPSA) is 67.1 Å². The summed E-state index contributed by atoms with van der Waals surface area (Å²) in [6, 6.07) is 2.05. The van der Waals surface area contributed by atoms with Crippen molar-refractivity contribution in [3.8, 4) is 0 Å². The lowest BCUT2D eigenvalue weighted by Gasteiger charge is -2.17. The van der Waals surface area contributed by atoms with Crippen molar-refractivity contribution in [3.05, 3.63) is 11.4 Å². The van der Waals surface area contributed by atoms with Crippen molar-refractivity contribution in [3.63, 3.8) is 0 Å². The van der Waals surface area contributed by atoms with Crippen LogP contribution in [-0.4, -0.2) is 36.1 Å². The van der Waals surface area contributed by atoms with Crippen molar-refractivity contribution < 1.29 is 0 Å². The Morgan fingerprint density at radius 1 is 1.25 bits per heavy atom. The van der Waals surface area contributed by atoms with Crippen LogP contribution in [0.3, 0.4) is 0 Å². The molecule has 20 heavy (non-hydrogen) atoms. The highest BCUT2D eigenvalue weighted by atomic mass is 35.5. The first-order valence-corrected chi connectivity index (χ1v) is 7.20. The SMILES string of the molecule is Cl.Cl.NCCNc1nc(N2CCCC2)c2sccc2n1. The van der Waals surface area contributed by atoms with Gasteiger partial charge in [-0.05, 0) is 24.3 Å². The highest BCUT2D eigenvalue weighted by Gasteiger charge is 2.18. The van der Waals surface area contributed by atoms with E-state index in [2.05, 4.69) is 31.6 Å². The number of fused-ring (bicyclic) bond motifs is 1. The summed E-state index contributed by atoms with van der Waals surface area (Å²) in [5.74, 6) is 1.76. The molecule has 1 aliphatic rings. The number of hydrogen-bond donors (Lipinski definition) is 2. The average molecular weight is 336 g/mol. The van der Waals surface area contributed by atoms with Crippen molar-refractivity contribution in [1.82, 2.24) is 9.97 Å². The van der Waals surface area contributed by atoms with E-state index >= 15 is 0 Å². The minimum atomic E-state index is 0. The lowest BCUT2D eigenvalue weighted by Crippen LogP contribution is -2.21. The number of nitrogens with one attached hydrogen (secondary N) is 1. The first-order valence-electron chi connectivity index (χ1n) is 6.32. The summed E-state index contributed by atoms with van der Waals surface area (Å²) in [6.07, 6.45) is 2.50. The van der Waals surface area contributed by atoms with Gasteiger partial charge in [0.25, 0.3) is 0 Å². The lowest BCUT2D eigenvalue weighted by atomic mass is 10.4. The predicted octanol–water partition coefficient (Wildman–Crippen LogP) is 2.51. The van der Waals surface area contributed by atoms with Gasteiger partial charge in [-0.25, -0.2) is 4.98 Å². The van der Waals surface area contributed by atoms with E-state index in [4.69, 9.17) is 5.73 Å². The molecule has 3 N–H and O–H groups in total. The minimum absolute atomic E-state index is 0. The molecule has 1 saturated heterocycles. The largest absolute Gasteiger partial charge is 0.355 e. The number of halogens is 2. The van der Waals surface area contributed by atoms with Crippen LogP contribution in [0.5, 0.6) is 0 Å². The molecule has 0 spiro atoms. The monoisotopic (exact) mass is 335 g/mol. The Labute approximate surface area is 134 Å². The molecule has 3 rings (SSSR count). The summed E-state index contributed by atoms with van der Waals surface area (Å²) in [4.78, 5) is 11.5. The number of nitrogens with zero attached hydrogens (tertiary/aromatic N) is 3. The molecule has 2 aromatic heterocycles. The molecule has 5 nitrogen and oxygen atoms in total. The third-order valence-corrected chi connectivity index (χ3v) is 4.02. The van der Waals surface area contributed by atoms with Crippen molar-refractivity contribution in [2.24, 2.45) is 5.73 Å². The molecule has 0 bridgehead atoms. The van der Waals surface area contributed by atoms with Gasteiger partial charge in [-0.15, -0.1) is 36.2 Å². The van der Waals surface area contributed by atoms with E-state index in [0.29, 0.717) is 19.0 Å². The number of hydrogen-bond acceptors (Lipinski definition) is 6. The second-order valence-corrected chi connectivity index (χ2v) is 5.33. The number of aromatic nitrogens is 2. The molecule has 0 amide bonds. The van der Waals surface area contributed by atoms with E-state index in [9.17, 15) is 0 Å². The van der Waals surface area contributed by atoms with Gasteiger partial charge in [0.2, 0.25) is 5.95 Å². The van der Waals surface area contributed by atoms with Gasteiger partial charge in [0.05, 0.1) is 10.2 Å². The smallest absolute Gasteiger partial charge is 0.225 e. The van der Waals surface area contributed by atoms with Crippen LogP contribution < -0.4 is 16.0 Å². The lowest BCUT2D eigenvalue weighted by molar-refractivity contribution is 0.933. The van der Waals surface area contributed by atoms with Gasteiger partial charge in [0.1, 0.15) is 0 Å². The standard InChI is InChI=1S/C12H17N5S.2ClH/c13-4-5-14-12-15-9-3-8-18-10(9)11(16-12)17-6-1-2-7-17;;/h3,8H,1-2,4-7,13H2,(H,14,15,16);2*1H. The van der Waals surface area contributed by atoms with Gasteiger partial charge < -0.3 is 16.0 Å². The average Bonchev–Trinajstić information content (AvgIpc) is 3.05. The summed E-state index contributed by atoms with van der Waals surface area (Å²) in [6.45, 7) is 3.49. The maximum absolute atomic E-state index is 5.50. The van der Waals surface area contributed by atoms with Gasteiger partial charge >= 0.3 is 0 Å². The molecule has 1 aliphatic heterocycles. The van der Waals surface area contributed by atoms with Crippen molar-refractivity contribution in [2.75, 3.05) is 36.4 Å². The van der Waals surface area contributed by atoms with Crippen LogP contribution in [0, 0.1) is 0 Å². The van der Waals surface area contributed by atoms with Crippen LogP contribution in [0.15, 0.2) is 11.4 Å². The summed E-state index contributed by atoms with van der Waals surface area (Å²) in [5, 5.41) is 5.25. The van der Waals surface area contributed by atoms with Gasteiger partial charge in [0.15, 0.2) is 5.82 Å². The molecular formula is C12H19Cl2N5S. The van der Waals surface area contributed by atoms with E-state index < -0.39 is 0 Å². The Balaban J connectivity index is 0.000001000. The summed E-state index contributed by atoms with van der Waals surface area (Å²) in [5.41, 5.74) is 6.53. The molecular weight excluding hydrogens is 317 g/mol. The zero-order valence-corrected chi connectivity index (χ0v) is 13.5. The highest BCUT2D eigenvalue weighted by molar-refractivity contribution is 7.17. The molecule has 0 aromatic carbocycles. The first kappa shape index (κ1) is 17.2. The third-order valence-electron chi connectivity index (χ3n) is 3.12. The molecule has 0 atom stereocenters. The molecule has 0 radical (unpaired) electrons. The second-order valence-electron chi connectivity index (χ2n) is 4.42. The molecule has 2 aromatic rings. The van der Waals surface area contributed by atoms with E-state index in [1.165, 1.54) is 17.5 Å². The van der Waals surface area contributed by atoms with Gasteiger partial charge in [0, 0.05) is 26.2 Å². The quantitative estimate of drug-likeness (QED) is 0.898. The van der Waals surface area contributed by atoms with Crippen LogP contribution >= 0.6 is 36.2 Å². The molecule has 112 valence electrons. The van der Waals surface area contributed by atoms with Crippen LogP contribution in [0.2, 0.25) is 0 Å². The van der Waals surface area contributed by atoms with Crippen LogP contribution in [-0.2, 0) is 0 Å². The third kappa shape index (κ3) is 3.44. The van der Waals surface area contributed by atoms with E-state index in [1.54, 1.807) is 11.3 Å². The van der Waals surface area contributed by atoms with Crippen molar-refractivity contribution in [1.29, 1.82) is 0 Å². The molecule has 1 fully saturated rings. The number of thiophene rings is 1. The van der Waals surface area contributed by atoms with E-state index in [0.717, 1.165) is 24.4 Å². The second kappa shape index (κ2) is 7.83. The molecule has 0 aliphatic carbocycles. The minimum Gasteiger partial charge on any atom is -0.355 e. The Morgan fingerprint density at radius 3 is 2.70 bits per heavy atom. The molecule has 0 unspecified atom stereocenters. The zero-order valence-electron chi connectivity index (χ0n) is 11.0. The van der Waals surface area contributed by atoms with Crippen LogP contribution in [0.4, 0.5) is 11.8 Å². The first-order chi connectivity index (χ1) is 8.88. The van der Waals surface area contributed by atoms with Crippen molar-refractivity contribution in [2.45, 2.75) is 12.8 Å². The molecule has 3 heterocycles. The Morgan fingerprint density at radius 2 is 2.00 bits per heavy atom. The summed E-state index contributed by atoms with van der Waals surface area (Å²) >= 11 is 1.71. The van der Waals surface area contributed by atoms with Gasteiger partial charge in [-0.1, -0.05) is 0 Å². The number of rotatable bonds is 4. The predicted molar refractivity (Wildman–Crippen MR) is 90.9 cm³/mol. The van der Waals surface area contributed by atoms with E-state index in [1.807, 2.05) is 0 Å². The fourth-order valence-corrected chi connectivity index (χ4v) is 3.10. The Hall–Kier alpha value is -0.820. The zero-order chi connectivity index (χ0) is 12.4. The fourth-order valence-electron chi connectivity index (χ4n) is 2.25. The van der Waals surface area contributed by atoms with Crippen LogP contribution in [0.1, 0.15) is 12.8 Å². The maximum Gasteiger partial charge on any atom is 0.225 e. The van der Waals surface area contributed by atoms with Gasteiger partial charge in [-0.2, -0.15) is 4.98 Å². The normalized spacial score (nSPS) is 13.9. The summed E-state index contributed by atoms with van der Waals surface area (Å²) < 4.78 is 1.19. The Kier molecular flexibility index (Phi) is 6.75.